The fourth-order valence-electron chi connectivity index (χ4n) is 3.86. The van der Waals surface area contributed by atoms with Crippen molar-refractivity contribution >= 4 is 17.8 Å². The highest BCUT2D eigenvalue weighted by atomic mass is 19.4. The van der Waals surface area contributed by atoms with Crippen molar-refractivity contribution in [2.75, 3.05) is 31.1 Å². The molecule has 0 spiro atoms. The summed E-state index contributed by atoms with van der Waals surface area (Å²) in [6.07, 6.45) is -4.15. The van der Waals surface area contributed by atoms with E-state index in [0.29, 0.717) is 37.6 Å². The molecular weight excluding hydrogens is 425 g/mol. The molecule has 32 heavy (non-hydrogen) atoms. The van der Waals surface area contributed by atoms with Gasteiger partial charge in [0.15, 0.2) is 0 Å². The summed E-state index contributed by atoms with van der Waals surface area (Å²) in [6.45, 7) is 13.6. The Kier molecular flexibility index (Phi) is 7.67. The Bertz CT molecular complexity index is 829. The third kappa shape index (κ3) is 6.26. The van der Waals surface area contributed by atoms with Crippen LogP contribution in [-0.2, 0) is 15.7 Å². The lowest BCUT2D eigenvalue weighted by atomic mass is 10.0. The fraction of sp³-hybridized carbons (Fsp3) is 0.682. The number of carbonyl (C=O) groups excluding carboxylic acids is 2. The highest BCUT2D eigenvalue weighted by molar-refractivity contribution is 5.74. The van der Waals surface area contributed by atoms with Gasteiger partial charge in [-0.15, -0.1) is 0 Å². The number of pyridine rings is 1. The van der Waals surface area contributed by atoms with Gasteiger partial charge in [0.05, 0.1) is 11.6 Å². The minimum absolute atomic E-state index is 0.200. The Balaban J connectivity index is 2.34. The minimum Gasteiger partial charge on any atom is -0.444 e. The summed E-state index contributed by atoms with van der Waals surface area (Å²) in [6, 6.07) is 0.265. The molecule has 0 N–H and O–H groups in total. The summed E-state index contributed by atoms with van der Waals surface area (Å²) >= 11 is 0. The third-order valence-corrected chi connectivity index (χ3v) is 5.24. The Morgan fingerprint density at radius 3 is 2.09 bits per heavy atom. The number of carbonyl (C=O) groups is 2. The zero-order chi connectivity index (χ0) is 24.4. The Hall–Kier alpha value is -2.52. The molecule has 0 bridgehead atoms. The number of hydrogen-bond acceptors (Lipinski definition) is 5. The van der Waals surface area contributed by atoms with Crippen LogP contribution in [0, 0.1) is 0 Å². The maximum atomic E-state index is 13.4. The van der Waals surface area contributed by atoms with Crippen LogP contribution in [0.4, 0.5) is 23.8 Å². The van der Waals surface area contributed by atoms with Crippen LogP contribution in [0.2, 0.25) is 0 Å². The largest absolute Gasteiger partial charge is 0.444 e. The van der Waals surface area contributed by atoms with Gasteiger partial charge in [-0.2, -0.15) is 13.2 Å². The van der Waals surface area contributed by atoms with Crippen LogP contribution in [-0.4, -0.2) is 64.6 Å². The quantitative estimate of drug-likeness (QED) is 0.666. The first kappa shape index (κ1) is 25.7. The standard InChI is InChI=1S/C22H33F3N4O3/c1-14(2)29(16(4)30)15(3)18-12-17(22(23,24)25)13-26-19(18)27-8-10-28(11-9-27)20(31)32-21(5,6)7/h12-15H,8-11H2,1-7H3/t15-/m0/s1. The predicted molar refractivity (Wildman–Crippen MR) is 115 cm³/mol. The van der Waals surface area contributed by atoms with Crippen LogP contribution >= 0.6 is 0 Å². The van der Waals surface area contributed by atoms with Gasteiger partial charge in [-0.1, -0.05) is 0 Å². The highest BCUT2D eigenvalue weighted by Crippen LogP contribution is 2.36. The number of hydrogen-bond donors (Lipinski definition) is 0. The first-order valence-electron chi connectivity index (χ1n) is 10.7. The molecule has 0 saturated carbocycles. The highest BCUT2D eigenvalue weighted by Gasteiger charge is 2.35. The lowest BCUT2D eigenvalue weighted by Gasteiger charge is -2.39. The predicted octanol–water partition coefficient (Wildman–Crippen LogP) is 4.48. The van der Waals surface area contributed by atoms with Crippen molar-refractivity contribution in [2.45, 2.75) is 72.3 Å². The summed E-state index contributed by atoms with van der Waals surface area (Å²) < 4.78 is 45.6. The van der Waals surface area contributed by atoms with E-state index in [2.05, 4.69) is 4.98 Å². The number of amides is 2. The number of ether oxygens (including phenoxy) is 1. The molecule has 1 aromatic rings. The first-order chi connectivity index (χ1) is 14.6. The summed E-state index contributed by atoms with van der Waals surface area (Å²) in [5, 5.41) is 0. The molecule has 1 aromatic heterocycles. The molecule has 1 saturated heterocycles. The number of piperazine rings is 1. The molecule has 1 atom stereocenters. The SMILES string of the molecule is CC(=O)N(C(C)C)[C@@H](C)c1cc(C(F)(F)F)cnc1N1CCN(C(=O)OC(C)(C)C)CC1. The lowest BCUT2D eigenvalue weighted by Crippen LogP contribution is -2.50. The number of halogens is 3. The zero-order valence-electron chi connectivity index (χ0n) is 19.8. The molecule has 0 unspecified atom stereocenters. The van der Waals surface area contributed by atoms with Crippen LogP contribution in [0.5, 0.6) is 0 Å². The maximum Gasteiger partial charge on any atom is 0.417 e. The molecule has 2 rings (SSSR count). The minimum atomic E-state index is -4.55. The van der Waals surface area contributed by atoms with E-state index in [4.69, 9.17) is 4.74 Å². The van der Waals surface area contributed by atoms with E-state index in [1.807, 2.05) is 18.7 Å². The molecule has 1 fully saturated rings. The van der Waals surface area contributed by atoms with Gasteiger partial charge >= 0.3 is 12.3 Å². The van der Waals surface area contributed by atoms with Crippen molar-refractivity contribution in [3.8, 4) is 0 Å². The van der Waals surface area contributed by atoms with Crippen LogP contribution in [0.1, 0.15) is 65.6 Å². The average molecular weight is 459 g/mol. The van der Waals surface area contributed by atoms with Gasteiger partial charge in [-0.05, 0) is 47.6 Å². The molecule has 2 heterocycles. The Labute approximate surface area is 187 Å². The van der Waals surface area contributed by atoms with Crippen molar-refractivity contribution in [3.05, 3.63) is 23.4 Å². The number of aromatic nitrogens is 1. The Morgan fingerprint density at radius 2 is 1.66 bits per heavy atom. The number of nitrogens with zero attached hydrogens (tertiary/aromatic N) is 4. The molecule has 180 valence electrons. The molecule has 10 heteroatoms. The van der Waals surface area contributed by atoms with Gasteiger partial charge < -0.3 is 19.4 Å². The summed E-state index contributed by atoms with van der Waals surface area (Å²) in [4.78, 5) is 33.7. The second kappa shape index (κ2) is 9.54. The first-order valence-corrected chi connectivity index (χ1v) is 10.7. The molecule has 0 aliphatic carbocycles. The number of anilines is 1. The zero-order valence-corrected chi connectivity index (χ0v) is 19.8. The second-order valence-electron chi connectivity index (χ2n) is 9.29. The van der Waals surface area contributed by atoms with E-state index in [1.165, 1.54) is 11.8 Å². The van der Waals surface area contributed by atoms with Crippen molar-refractivity contribution in [2.24, 2.45) is 0 Å². The van der Waals surface area contributed by atoms with Gasteiger partial charge in [0.1, 0.15) is 11.4 Å². The summed E-state index contributed by atoms with van der Waals surface area (Å²) in [5.41, 5.74) is -1.14. The molecule has 0 radical (unpaired) electrons. The van der Waals surface area contributed by atoms with Gasteiger partial charge in [0.25, 0.3) is 0 Å². The number of rotatable bonds is 4. The van der Waals surface area contributed by atoms with Crippen LogP contribution in [0.3, 0.4) is 0 Å². The van der Waals surface area contributed by atoms with Gasteiger partial charge in [0, 0.05) is 50.9 Å². The third-order valence-electron chi connectivity index (χ3n) is 5.24. The molecule has 0 aromatic carbocycles. The van der Waals surface area contributed by atoms with Crippen molar-refractivity contribution < 1.29 is 27.5 Å². The average Bonchev–Trinajstić information content (AvgIpc) is 2.65. The lowest BCUT2D eigenvalue weighted by molar-refractivity contribution is -0.137. The topological polar surface area (TPSA) is 66.0 Å². The molecule has 7 nitrogen and oxygen atoms in total. The molecule has 1 aliphatic heterocycles. The van der Waals surface area contributed by atoms with E-state index in [-0.39, 0.29) is 11.9 Å². The molecular formula is C22H33F3N4O3. The maximum absolute atomic E-state index is 13.4. The van der Waals surface area contributed by atoms with Crippen LogP contribution in [0.15, 0.2) is 12.3 Å². The van der Waals surface area contributed by atoms with Gasteiger partial charge in [-0.3, -0.25) is 4.79 Å². The number of alkyl halides is 3. The monoisotopic (exact) mass is 458 g/mol. The van der Waals surface area contributed by atoms with E-state index >= 15 is 0 Å². The van der Waals surface area contributed by atoms with Crippen molar-refractivity contribution in [1.82, 2.24) is 14.8 Å². The fourth-order valence-corrected chi connectivity index (χ4v) is 3.86. The van der Waals surface area contributed by atoms with Crippen LogP contribution < -0.4 is 4.90 Å². The van der Waals surface area contributed by atoms with E-state index in [0.717, 1.165) is 12.3 Å². The summed E-state index contributed by atoms with van der Waals surface area (Å²) in [7, 11) is 0. The van der Waals surface area contributed by atoms with E-state index < -0.39 is 29.5 Å². The molecule has 2 amide bonds. The Morgan fingerprint density at radius 1 is 1.09 bits per heavy atom. The second-order valence-corrected chi connectivity index (χ2v) is 9.29. The van der Waals surface area contributed by atoms with E-state index in [9.17, 15) is 22.8 Å². The van der Waals surface area contributed by atoms with Gasteiger partial charge in [0.2, 0.25) is 5.91 Å². The smallest absolute Gasteiger partial charge is 0.417 e. The van der Waals surface area contributed by atoms with E-state index in [1.54, 1.807) is 32.6 Å². The normalized spacial score (nSPS) is 16.2. The van der Waals surface area contributed by atoms with Crippen LogP contribution in [0.25, 0.3) is 0 Å². The van der Waals surface area contributed by atoms with Gasteiger partial charge in [-0.25, -0.2) is 9.78 Å². The van der Waals surface area contributed by atoms with Crippen molar-refractivity contribution in [1.29, 1.82) is 0 Å². The molecule has 1 aliphatic rings. The summed E-state index contributed by atoms with van der Waals surface area (Å²) in [5.74, 6) is 0.159. The van der Waals surface area contributed by atoms with Crippen molar-refractivity contribution in [3.63, 3.8) is 0 Å².